The van der Waals surface area contributed by atoms with Crippen LogP contribution in [0.2, 0.25) is 25.7 Å². The van der Waals surface area contributed by atoms with E-state index in [0.29, 0.717) is 12.6 Å². The molecule has 2 aromatic heterocycles. The lowest BCUT2D eigenvalue weighted by molar-refractivity contribution is 0.0899. The van der Waals surface area contributed by atoms with Gasteiger partial charge in [0.05, 0.1) is 11.7 Å². The minimum absolute atomic E-state index is 0.00876. The molecule has 1 aliphatic rings. The summed E-state index contributed by atoms with van der Waals surface area (Å²) in [6.07, 6.45) is 10.1. The van der Waals surface area contributed by atoms with Crippen molar-refractivity contribution in [2.75, 3.05) is 6.61 Å². The zero-order chi connectivity index (χ0) is 17.9. The first-order valence-electron chi connectivity index (χ1n) is 9.59. The fraction of sp³-hybridized carbons (Fsp3) is 0.684. The molecule has 2 aromatic rings. The van der Waals surface area contributed by atoms with Gasteiger partial charge in [0.15, 0.2) is 0 Å². The molecule has 0 aliphatic heterocycles. The zero-order valence-corrected chi connectivity index (χ0v) is 16.9. The van der Waals surface area contributed by atoms with Crippen molar-refractivity contribution in [3.8, 4) is 0 Å². The van der Waals surface area contributed by atoms with Gasteiger partial charge in [-0.2, -0.15) is 0 Å². The minimum Gasteiger partial charge on any atom is -0.361 e. The molecule has 1 saturated carbocycles. The lowest BCUT2D eigenvalue weighted by Crippen LogP contribution is -2.24. The van der Waals surface area contributed by atoms with Crippen LogP contribution in [-0.4, -0.2) is 29.2 Å². The Labute approximate surface area is 152 Å². The Balaban J connectivity index is 1.71. The van der Waals surface area contributed by atoms with Gasteiger partial charge in [0.25, 0.3) is 0 Å². The number of hydrogen-bond acceptors (Lipinski definition) is 4. The molecular weight excluding hydrogens is 328 g/mol. The highest BCUT2D eigenvalue weighted by atomic mass is 28.3. The van der Waals surface area contributed by atoms with E-state index in [1.807, 2.05) is 6.20 Å². The average Bonchev–Trinajstić information content (AvgIpc) is 3.01. The summed E-state index contributed by atoms with van der Waals surface area (Å²) in [5, 5.41) is 1.08. The lowest BCUT2D eigenvalue weighted by atomic mass is 9.82. The minimum atomic E-state index is -1.05. The largest absolute Gasteiger partial charge is 0.361 e. The molecule has 5 nitrogen and oxygen atoms in total. The Hall–Kier alpha value is -1.24. The van der Waals surface area contributed by atoms with Crippen molar-refractivity contribution in [3.63, 3.8) is 0 Å². The molecule has 3 rings (SSSR count). The zero-order valence-electron chi connectivity index (χ0n) is 15.9. The van der Waals surface area contributed by atoms with Crippen LogP contribution in [0.3, 0.4) is 0 Å². The van der Waals surface area contributed by atoms with E-state index in [1.165, 1.54) is 38.1 Å². The number of fused-ring (bicyclic) bond motifs is 1. The van der Waals surface area contributed by atoms with Crippen LogP contribution in [0.25, 0.3) is 11.0 Å². The summed E-state index contributed by atoms with van der Waals surface area (Å²) < 4.78 is 7.95. The molecule has 25 heavy (non-hydrogen) atoms. The molecule has 0 aromatic carbocycles. The molecule has 1 atom stereocenters. The molecule has 138 valence electrons. The van der Waals surface area contributed by atoms with Crippen molar-refractivity contribution < 1.29 is 4.74 Å². The Morgan fingerprint density at radius 2 is 2.00 bits per heavy atom. The third-order valence-electron chi connectivity index (χ3n) is 5.29. The maximum atomic E-state index is 6.59. The van der Waals surface area contributed by atoms with Crippen LogP contribution in [0, 0.1) is 5.92 Å². The second kappa shape index (κ2) is 7.97. The second-order valence-electron chi connectivity index (χ2n) is 8.55. The molecule has 0 amide bonds. The van der Waals surface area contributed by atoms with E-state index in [9.17, 15) is 0 Å². The van der Waals surface area contributed by atoms with Crippen LogP contribution in [0.4, 0.5) is 0 Å². The normalized spacial score (nSPS) is 17.9. The third-order valence-corrected chi connectivity index (χ3v) is 6.99. The van der Waals surface area contributed by atoms with E-state index < -0.39 is 8.07 Å². The van der Waals surface area contributed by atoms with Crippen molar-refractivity contribution >= 4 is 19.1 Å². The van der Waals surface area contributed by atoms with Gasteiger partial charge in [0, 0.05) is 26.3 Å². The lowest BCUT2D eigenvalue weighted by Gasteiger charge is -2.27. The fourth-order valence-electron chi connectivity index (χ4n) is 3.65. The van der Waals surface area contributed by atoms with Crippen molar-refractivity contribution in [1.29, 1.82) is 0 Å². The fourth-order valence-corrected chi connectivity index (χ4v) is 4.41. The highest BCUT2D eigenvalue weighted by Gasteiger charge is 2.25. The van der Waals surface area contributed by atoms with E-state index in [0.717, 1.165) is 23.3 Å². The molecule has 0 spiro atoms. The Morgan fingerprint density at radius 3 is 2.72 bits per heavy atom. The van der Waals surface area contributed by atoms with Gasteiger partial charge < -0.3 is 15.0 Å². The quantitative estimate of drug-likeness (QED) is 0.590. The standard InChI is InChI=1S/C19H32N4OSi/c1-25(2,3)12-11-24-14-23-10-9-16-18(21-13-22-19(16)23)17(20)15-7-5-4-6-8-15/h9-10,13,15,17H,4-8,11-12,14,20H2,1-3H3. The Morgan fingerprint density at radius 1 is 1.24 bits per heavy atom. The van der Waals surface area contributed by atoms with E-state index in [1.54, 1.807) is 6.33 Å². The van der Waals surface area contributed by atoms with E-state index >= 15 is 0 Å². The van der Waals surface area contributed by atoms with Gasteiger partial charge in [-0.05, 0) is 30.9 Å². The van der Waals surface area contributed by atoms with Crippen molar-refractivity contribution in [1.82, 2.24) is 14.5 Å². The first-order valence-corrected chi connectivity index (χ1v) is 13.3. The van der Waals surface area contributed by atoms with E-state index in [2.05, 4.69) is 40.2 Å². The van der Waals surface area contributed by atoms with Gasteiger partial charge in [0.1, 0.15) is 18.7 Å². The molecule has 2 N–H and O–H groups in total. The highest BCUT2D eigenvalue weighted by molar-refractivity contribution is 6.76. The summed E-state index contributed by atoms with van der Waals surface area (Å²) >= 11 is 0. The monoisotopic (exact) mass is 360 g/mol. The van der Waals surface area contributed by atoms with Crippen LogP contribution in [0.1, 0.15) is 43.8 Å². The van der Waals surface area contributed by atoms with Crippen LogP contribution in [0.15, 0.2) is 18.6 Å². The van der Waals surface area contributed by atoms with Gasteiger partial charge in [-0.3, -0.25) is 0 Å². The predicted octanol–water partition coefficient (Wildman–Crippen LogP) is 4.32. The summed E-state index contributed by atoms with van der Waals surface area (Å²) in [4.78, 5) is 9.02. The summed E-state index contributed by atoms with van der Waals surface area (Å²) in [5.74, 6) is 0.545. The number of ether oxygens (including phenoxy) is 1. The number of aromatic nitrogens is 3. The number of nitrogens with two attached hydrogens (primary N) is 1. The first-order chi connectivity index (χ1) is 12.0. The molecule has 0 saturated heterocycles. The highest BCUT2D eigenvalue weighted by Crippen LogP contribution is 2.34. The molecule has 0 bridgehead atoms. The van der Waals surface area contributed by atoms with Gasteiger partial charge in [-0.25, -0.2) is 9.97 Å². The molecular formula is C19H32N4OSi. The summed E-state index contributed by atoms with van der Waals surface area (Å²) in [7, 11) is -1.05. The summed E-state index contributed by atoms with van der Waals surface area (Å²) in [5.41, 5.74) is 8.52. The van der Waals surface area contributed by atoms with Crippen LogP contribution >= 0.6 is 0 Å². The SMILES string of the molecule is C[Si](C)(C)CCOCn1ccc2c(C(N)C3CCCCC3)ncnc21. The Bertz CT molecular complexity index is 688. The Kier molecular flexibility index (Phi) is 5.91. The average molecular weight is 361 g/mol. The van der Waals surface area contributed by atoms with Gasteiger partial charge in [0.2, 0.25) is 0 Å². The summed E-state index contributed by atoms with van der Waals surface area (Å²) in [6.45, 7) is 8.47. The molecule has 1 fully saturated rings. The number of rotatable bonds is 7. The topological polar surface area (TPSA) is 66.0 Å². The van der Waals surface area contributed by atoms with Crippen LogP contribution in [0.5, 0.6) is 0 Å². The number of hydrogen-bond donors (Lipinski definition) is 1. The van der Waals surface area contributed by atoms with Gasteiger partial charge in [-0.1, -0.05) is 38.9 Å². The number of nitrogens with zero attached hydrogens (tertiary/aromatic N) is 3. The van der Waals surface area contributed by atoms with Crippen LogP contribution in [-0.2, 0) is 11.5 Å². The van der Waals surface area contributed by atoms with Crippen LogP contribution < -0.4 is 5.73 Å². The smallest absolute Gasteiger partial charge is 0.145 e. The first kappa shape index (κ1) is 18.5. The maximum Gasteiger partial charge on any atom is 0.145 e. The van der Waals surface area contributed by atoms with Crippen molar-refractivity contribution in [2.24, 2.45) is 11.7 Å². The third kappa shape index (κ3) is 4.68. The van der Waals surface area contributed by atoms with Gasteiger partial charge in [-0.15, -0.1) is 0 Å². The maximum absolute atomic E-state index is 6.59. The van der Waals surface area contributed by atoms with Crippen molar-refractivity contribution in [3.05, 3.63) is 24.3 Å². The molecule has 6 heteroatoms. The van der Waals surface area contributed by atoms with E-state index in [-0.39, 0.29) is 6.04 Å². The second-order valence-corrected chi connectivity index (χ2v) is 14.2. The molecule has 0 radical (unpaired) electrons. The predicted molar refractivity (Wildman–Crippen MR) is 105 cm³/mol. The molecule has 1 unspecified atom stereocenters. The van der Waals surface area contributed by atoms with E-state index in [4.69, 9.17) is 10.5 Å². The van der Waals surface area contributed by atoms with Gasteiger partial charge >= 0.3 is 0 Å². The summed E-state index contributed by atoms with van der Waals surface area (Å²) in [6, 6.07) is 3.28. The molecule has 1 aliphatic carbocycles. The van der Waals surface area contributed by atoms with Crippen molar-refractivity contribution in [2.45, 2.75) is 70.6 Å². The molecule has 2 heterocycles.